The number of nitrogens with one attached hydrogen (secondary N) is 2. The molecular weight excluding hydrogens is 595 g/mol. The van der Waals surface area contributed by atoms with Crippen molar-refractivity contribution in [2.45, 2.75) is 26.2 Å². The fourth-order valence-electron chi connectivity index (χ4n) is 3.88. The molecule has 3 aromatic heterocycles. The van der Waals surface area contributed by atoms with Crippen LogP contribution in [0.4, 0.5) is 48.1 Å². The van der Waals surface area contributed by atoms with Crippen LogP contribution in [0.15, 0.2) is 36.7 Å². The third-order valence-corrected chi connectivity index (χ3v) is 5.74. The van der Waals surface area contributed by atoms with Crippen molar-refractivity contribution in [3.05, 3.63) is 53.7 Å². The number of carboxylic acids is 2. The van der Waals surface area contributed by atoms with E-state index in [4.69, 9.17) is 19.8 Å². The fourth-order valence-corrected chi connectivity index (χ4v) is 3.88. The predicted molar refractivity (Wildman–Crippen MR) is 140 cm³/mol. The zero-order chi connectivity index (χ0) is 32.1. The number of piperazine rings is 1. The maximum absolute atomic E-state index is 15.1. The van der Waals surface area contributed by atoms with Crippen LogP contribution in [0.5, 0.6) is 0 Å². The van der Waals surface area contributed by atoms with Gasteiger partial charge in [0.05, 0.1) is 17.3 Å². The number of alkyl halides is 6. The summed E-state index contributed by atoms with van der Waals surface area (Å²) in [6, 6.07) is 7.37. The minimum Gasteiger partial charge on any atom is -0.475 e. The van der Waals surface area contributed by atoms with Crippen LogP contribution >= 0.6 is 0 Å². The first-order valence-electron chi connectivity index (χ1n) is 12.2. The van der Waals surface area contributed by atoms with Gasteiger partial charge in [-0.2, -0.15) is 26.3 Å². The predicted octanol–water partition coefficient (Wildman–Crippen LogP) is 4.45. The molecule has 1 aliphatic heterocycles. The highest BCUT2D eigenvalue weighted by Gasteiger charge is 2.38. The minimum absolute atomic E-state index is 0.289. The van der Waals surface area contributed by atoms with E-state index in [2.05, 4.69) is 30.6 Å². The molecule has 0 radical (unpaired) electrons. The van der Waals surface area contributed by atoms with Crippen molar-refractivity contribution in [3.63, 3.8) is 0 Å². The molecule has 18 heteroatoms. The van der Waals surface area contributed by atoms with E-state index in [0.717, 1.165) is 54.2 Å². The Bertz CT molecular complexity index is 1590. The molecule has 4 N–H and O–H groups in total. The lowest BCUT2D eigenvalue weighted by Gasteiger charge is -2.29. The van der Waals surface area contributed by atoms with E-state index < -0.39 is 24.3 Å². The Kier molecular flexibility index (Phi) is 9.95. The Labute approximate surface area is 238 Å². The number of pyridine rings is 1. The summed E-state index contributed by atoms with van der Waals surface area (Å²) in [6.07, 6.45) is -6.61. The zero-order valence-corrected chi connectivity index (χ0v) is 22.4. The molecule has 11 nitrogen and oxygen atoms in total. The molecule has 0 saturated carbocycles. The number of benzene rings is 1. The number of fused-ring (bicyclic) bond motifs is 2. The molecule has 232 valence electrons. The second-order valence-electron chi connectivity index (χ2n) is 9.02. The Balaban J connectivity index is 0.000000303. The number of aromatic nitrogens is 4. The highest BCUT2D eigenvalue weighted by molar-refractivity contribution is 5.95. The SMILES string of the molecule is Cc1cn2nc(Nc3nccc4cc(N5CCNCC5)cc(F)c34)cc(C)c2n1.O=C(O)C(F)(F)F.O=C(O)C(F)(F)F. The summed E-state index contributed by atoms with van der Waals surface area (Å²) in [5.41, 5.74) is 3.59. The molecule has 0 atom stereocenters. The molecule has 0 unspecified atom stereocenters. The van der Waals surface area contributed by atoms with Gasteiger partial charge in [-0.25, -0.2) is 28.5 Å². The van der Waals surface area contributed by atoms with Gasteiger partial charge in [0.25, 0.3) is 0 Å². The number of rotatable bonds is 3. The summed E-state index contributed by atoms with van der Waals surface area (Å²) < 4.78 is 80.3. The van der Waals surface area contributed by atoms with Crippen molar-refractivity contribution in [2.75, 3.05) is 36.4 Å². The van der Waals surface area contributed by atoms with Crippen molar-refractivity contribution in [2.24, 2.45) is 0 Å². The zero-order valence-electron chi connectivity index (χ0n) is 22.4. The number of hydrogen-bond donors (Lipinski definition) is 4. The summed E-state index contributed by atoms with van der Waals surface area (Å²) >= 11 is 0. The normalized spacial score (nSPS) is 13.6. The fraction of sp³-hybridized carbons (Fsp3) is 0.320. The Morgan fingerprint density at radius 3 is 2.12 bits per heavy atom. The van der Waals surface area contributed by atoms with Gasteiger partial charge in [0.15, 0.2) is 11.5 Å². The van der Waals surface area contributed by atoms with Crippen LogP contribution in [0.2, 0.25) is 0 Å². The summed E-state index contributed by atoms with van der Waals surface area (Å²) in [6.45, 7) is 7.46. The monoisotopic (exact) mass is 619 g/mol. The number of aryl methyl sites for hydroxylation is 2. The van der Waals surface area contributed by atoms with E-state index in [0.29, 0.717) is 17.0 Å². The molecule has 43 heavy (non-hydrogen) atoms. The van der Waals surface area contributed by atoms with Crippen molar-refractivity contribution in [1.82, 2.24) is 24.9 Å². The Morgan fingerprint density at radius 1 is 0.977 bits per heavy atom. The molecule has 0 spiro atoms. The summed E-state index contributed by atoms with van der Waals surface area (Å²) in [7, 11) is 0. The highest BCUT2D eigenvalue weighted by atomic mass is 19.4. The number of hydrogen-bond acceptors (Lipinski definition) is 8. The summed E-state index contributed by atoms with van der Waals surface area (Å²) in [5.74, 6) is -4.75. The molecule has 5 rings (SSSR count). The first kappa shape index (κ1) is 32.8. The first-order valence-corrected chi connectivity index (χ1v) is 12.2. The molecule has 4 heterocycles. The minimum atomic E-state index is -5.08. The lowest BCUT2D eigenvalue weighted by atomic mass is 10.1. The Hall–Kier alpha value is -4.74. The average Bonchev–Trinajstić information content (AvgIpc) is 3.29. The van der Waals surface area contributed by atoms with Gasteiger partial charge in [0, 0.05) is 38.1 Å². The van der Waals surface area contributed by atoms with Gasteiger partial charge in [-0.15, -0.1) is 5.10 Å². The second kappa shape index (κ2) is 13.1. The first-order chi connectivity index (χ1) is 20.0. The topological polar surface area (TPSA) is 145 Å². The van der Waals surface area contributed by atoms with Gasteiger partial charge in [0.2, 0.25) is 0 Å². The Morgan fingerprint density at radius 2 is 1.56 bits per heavy atom. The number of halogens is 7. The summed E-state index contributed by atoms with van der Waals surface area (Å²) in [4.78, 5) is 28.8. The smallest absolute Gasteiger partial charge is 0.475 e. The standard InChI is InChI=1S/C21H22FN7.2C2HF3O2/c1-13-9-18(27-29-12-14(2)25-21(13)29)26-20-19-15(3-4-24-20)10-16(11-17(19)22)28-7-5-23-6-8-28;2*3-2(4,5)1(6)7/h3-4,9-12,23H,5-8H2,1-2H3,(H,24,26,27);2*(H,6,7). The molecule has 0 bridgehead atoms. The number of carboxylic acid groups (broad SMARTS) is 2. The van der Waals surface area contributed by atoms with Crippen LogP contribution in [-0.2, 0) is 9.59 Å². The van der Waals surface area contributed by atoms with Crippen LogP contribution < -0.4 is 15.5 Å². The van der Waals surface area contributed by atoms with Crippen LogP contribution in [0.1, 0.15) is 11.3 Å². The van der Waals surface area contributed by atoms with E-state index in [9.17, 15) is 26.3 Å². The molecule has 4 aromatic rings. The number of nitrogens with zero attached hydrogens (tertiary/aromatic N) is 5. The molecule has 0 aliphatic carbocycles. The van der Waals surface area contributed by atoms with Crippen LogP contribution in [0, 0.1) is 19.7 Å². The molecule has 0 amide bonds. The van der Waals surface area contributed by atoms with E-state index in [1.807, 2.05) is 38.2 Å². The van der Waals surface area contributed by atoms with Gasteiger partial charge in [-0.3, -0.25) is 0 Å². The third-order valence-electron chi connectivity index (χ3n) is 5.74. The number of carbonyl (C=O) groups is 2. The maximum atomic E-state index is 15.1. The lowest BCUT2D eigenvalue weighted by molar-refractivity contribution is -0.193. The van der Waals surface area contributed by atoms with Gasteiger partial charge < -0.3 is 25.7 Å². The molecule has 1 fully saturated rings. The average molecular weight is 619 g/mol. The number of aliphatic carboxylic acids is 2. The van der Waals surface area contributed by atoms with Crippen molar-refractivity contribution in [3.8, 4) is 0 Å². The third kappa shape index (κ3) is 8.63. The van der Waals surface area contributed by atoms with Gasteiger partial charge >= 0.3 is 24.3 Å². The van der Waals surface area contributed by atoms with Crippen molar-refractivity contribution >= 4 is 45.7 Å². The van der Waals surface area contributed by atoms with Crippen molar-refractivity contribution < 1.29 is 50.5 Å². The van der Waals surface area contributed by atoms with Crippen LogP contribution in [0.25, 0.3) is 16.4 Å². The van der Waals surface area contributed by atoms with E-state index >= 15 is 4.39 Å². The van der Waals surface area contributed by atoms with E-state index in [1.165, 1.54) is 0 Å². The van der Waals surface area contributed by atoms with Crippen molar-refractivity contribution in [1.29, 1.82) is 0 Å². The van der Waals surface area contributed by atoms with E-state index in [1.54, 1.807) is 16.8 Å². The molecule has 1 saturated heterocycles. The summed E-state index contributed by atoms with van der Waals surface area (Å²) in [5, 5.41) is 26.6. The lowest BCUT2D eigenvalue weighted by Crippen LogP contribution is -2.43. The molecular formula is C25H24F7N7O4. The highest BCUT2D eigenvalue weighted by Crippen LogP contribution is 2.31. The van der Waals surface area contributed by atoms with Gasteiger partial charge in [-0.1, -0.05) is 0 Å². The number of imidazole rings is 1. The van der Waals surface area contributed by atoms with Crippen LogP contribution in [-0.4, -0.2) is 80.3 Å². The molecule has 1 aliphatic rings. The quantitative estimate of drug-likeness (QED) is 0.243. The largest absolute Gasteiger partial charge is 0.490 e. The van der Waals surface area contributed by atoms with Gasteiger partial charge in [0.1, 0.15) is 11.6 Å². The number of anilines is 3. The van der Waals surface area contributed by atoms with Gasteiger partial charge in [-0.05, 0) is 49.1 Å². The second-order valence-corrected chi connectivity index (χ2v) is 9.02. The van der Waals surface area contributed by atoms with Crippen LogP contribution in [0.3, 0.4) is 0 Å². The maximum Gasteiger partial charge on any atom is 0.490 e. The van der Waals surface area contributed by atoms with E-state index in [-0.39, 0.29) is 5.82 Å². The molecule has 1 aromatic carbocycles.